The molecule has 0 saturated carbocycles. The lowest BCUT2D eigenvalue weighted by Crippen LogP contribution is -2.26. The van der Waals surface area contributed by atoms with Gasteiger partial charge in [0, 0.05) is 13.6 Å². The van der Waals surface area contributed by atoms with Crippen molar-refractivity contribution in [2.24, 2.45) is 0 Å². The number of hydrogen-bond acceptors (Lipinski definition) is 1. The summed E-state index contributed by atoms with van der Waals surface area (Å²) in [5.74, 6) is -0.753. The van der Waals surface area contributed by atoms with Gasteiger partial charge in [-0.15, -0.1) is 0 Å². The van der Waals surface area contributed by atoms with Crippen LogP contribution in [0.25, 0.3) is 0 Å². The van der Waals surface area contributed by atoms with Crippen LogP contribution in [0.3, 0.4) is 0 Å². The summed E-state index contributed by atoms with van der Waals surface area (Å²) in [4.78, 5) is 13.8. The molecule has 2 aromatic carbocycles. The number of nitrogens with zero attached hydrogens (tertiary/aromatic N) is 1. The predicted molar refractivity (Wildman–Crippen MR) is 86.4 cm³/mol. The van der Waals surface area contributed by atoms with Gasteiger partial charge in [-0.25, -0.2) is 4.39 Å². The maximum atomic E-state index is 13.5. The minimum Gasteiger partial charge on any atom is -0.337 e. The molecule has 2 aromatic rings. The summed E-state index contributed by atoms with van der Waals surface area (Å²) in [6.07, 6.45) is 0. The highest BCUT2D eigenvalue weighted by Gasteiger charge is 2.17. The second-order valence-electron chi connectivity index (χ2n) is 4.51. The van der Waals surface area contributed by atoms with E-state index in [-0.39, 0.29) is 15.9 Å². The molecular weight excluding hydrogens is 380 g/mol. The Bertz CT molecular complexity index is 693. The molecule has 0 atom stereocenters. The van der Waals surface area contributed by atoms with Crippen molar-refractivity contribution in [1.82, 2.24) is 4.90 Å². The maximum absolute atomic E-state index is 13.5. The van der Waals surface area contributed by atoms with E-state index in [0.717, 1.165) is 5.56 Å². The number of rotatable bonds is 3. The molecule has 0 fully saturated rings. The van der Waals surface area contributed by atoms with Gasteiger partial charge in [0.15, 0.2) is 0 Å². The normalized spacial score (nSPS) is 10.5. The zero-order valence-electron chi connectivity index (χ0n) is 11.0. The van der Waals surface area contributed by atoms with Crippen LogP contribution in [0.4, 0.5) is 4.39 Å². The van der Waals surface area contributed by atoms with Crippen LogP contribution in [0, 0.1) is 5.82 Å². The average Bonchev–Trinajstić information content (AvgIpc) is 2.45. The lowest BCUT2D eigenvalue weighted by atomic mass is 10.1. The fourth-order valence-corrected chi connectivity index (χ4v) is 2.61. The number of benzene rings is 2. The first-order chi connectivity index (χ1) is 9.90. The smallest absolute Gasteiger partial charge is 0.255 e. The van der Waals surface area contributed by atoms with Crippen LogP contribution in [0.2, 0.25) is 10.0 Å². The van der Waals surface area contributed by atoms with E-state index in [9.17, 15) is 9.18 Å². The quantitative estimate of drug-likeness (QED) is 0.708. The van der Waals surface area contributed by atoms with Gasteiger partial charge < -0.3 is 4.90 Å². The Hall–Kier alpha value is -1.10. The molecule has 0 spiro atoms. The van der Waals surface area contributed by atoms with Gasteiger partial charge in [0.2, 0.25) is 0 Å². The largest absolute Gasteiger partial charge is 0.337 e. The van der Waals surface area contributed by atoms with E-state index in [0.29, 0.717) is 16.6 Å². The van der Waals surface area contributed by atoms with E-state index in [1.165, 1.54) is 17.0 Å². The lowest BCUT2D eigenvalue weighted by Gasteiger charge is -2.18. The summed E-state index contributed by atoms with van der Waals surface area (Å²) in [6, 6.07) is 9.53. The zero-order chi connectivity index (χ0) is 15.6. The van der Waals surface area contributed by atoms with Gasteiger partial charge in [-0.1, -0.05) is 35.3 Å². The molecule has 0 unspecified atom stereocenters. The van der Waals surface area contributed by atoms with Crippen molar-refractivity contribution >= 4 is 45.0 Å². The van der Waals surface area contributed by atoms with Crippen LogP contribution >= 0.6 is 39.1 Å². The van der Waals surface area contributed by atoms with Crippen molar-refractivity contribution in [2.45, 2.75) is 6.54 Å². The van der Waals surface area contributed by atoms with E-state index in [1.54, 1.807) is 31.3 Å². The predicted octanol–water partition coefficient (Wildman–Crippen LogP) is 5.17. The topological polar surface area (TPSA) is 20.3 Å². The van der Waals surface area contributed by atoms with Crippen molar-refractivity contribution < 1.29 is 9.18 Å². The van der Waals surface area contributed by atoms with Crippen molar-refractivity contribution in [3.8, 4) is 0 Å². The Kier molecular flexibility index (Phi) is 5.25. The standard InChI is InChI=1S/C15H11BrCl2FNO/c1-20(8-9-5-6-11(17)12(18)7-9)15(21)10-3-2-4-13(19)14(10)16/h2-7H,8H2,1H3. The molecule has 2 nitrogen and oxygen atoms in total. The summed E-state index contributed by atoms with van der Waals surface area (Å²) >= 11 is 14.9. The molecule has 0 aliphatic carbocycles. The van der Waals surface area contributed by atoms with Crippen LogP contribution in [0.5, 0.6) is 0 Å². The van der Waals surface area contributed by atoms with Gasteiger partial charge >= 0.3 is 0 Å². The van der Waals surface area contributed by atoms with Crippen LogP contribution in [-0.2, 0) is 6.54 Å². The minimum atomic E-state index is -0.469. The minimum absolute atomic E-state index is 0.163. The molecule has 1 amide bonds. The number of carbonyl (C=O) groups excluding carboxylic acids is 1. The van der Waals surface area contributed by atoms with Gasteiger partial charge in [-0.3, -0.25) is 4.79 Å². The highest BCUT2D eigenvalue weighted by molar-refractivity contribution is 9.10. The Morgan fingerprint density at radius 1 is 1.24 bits per heavy atom. The van der Waals surface area contributed by atoms with Crippen LogP contribution in [0.1, 0.15) is 15.9 Å². The molecule has 2 rings (SSSR count). The molecule has 0 aromatic heterocycles. The van der Waals surface area contributed by atoms with E-state index in [4.69, 9.17) is 23.2 Å². The molecular formula is C15H11BrCl2FNO. The van der Waals surface area contributed by atoms with Gasteiger partial charge in [-0.2, -0.15) is 0 Å². The highest BCUT2D eigenvalue weighted by Crippen LogP contribution is 2.25. The maximum Gasteiger partial charge on any atom is 0.255 e. The Morgan fingerprint density at radius 3 is 2.62 bits per heavy atom. The molecule has 0 saturated heterocycles. The Labute approximate surface area is 140 Å². The van der Waals surface area contributed by atoms with E-state index >= 15 is 0 Å². The monoisotopic (exact) mass is 389 g/mol. The number of hydrogen-bond donors (Lipinski definition) is 0. The fraction of sp³-hybridized carbons (Fsp3) is 0.133. The molecule has 0 bridgehead atoms. The third-order valence-corrected chi connectivity index (χ3v) is 4.48. The second kappa shape index (κ2) is 6.77. The first kappa shape index (κ1) is 16.3. The Morgan fingerprint density at radius 2 is 1.95 bits per heavy atom. The van der Waals surface area contributed by atoms with Crippen LogP contribution < -0.4 is 0 Å². The molecule has 21 heavy (non-hydrogen) atoms. The summed E-state index contributed by atoms with van der Waals surface area (Å²) in [7, 11) is 1.64. The number of amides is 1. The van der Waals surface area contributed by atoms with Crippen LogP contribution in [-0.4, -0.2) is 17.9 Å². The van der Waals surface area contributed by atoms with Crippen molar-refractivity contribution in [1.29, 1.82) is 0 Å². The van der Waals surface area contributed by atoms with Crippen molar-refractivity contribution in [3.05, 3.63) is 67.9 Å². The average molecular weight is 391 g/mol. The highest BCUT2D eigenvalue weighted by atomic mass is 79.9. The van der Waals surface area contributed by atoms with Gasteiger partial charge in [0.1, 0.15) is 5.82 Å². The molecule has 110 valence electrons. The molecule has 0 heterocycles. The lowest BCUT2D eigenvalue weighted by molar-refractivity contribution is 0.0783. The molecule has 6 heteroatoms. The summed E-state index contributed by atoms with van der Waals surface area (Å²) in [5.41, 5.74) is 1.12. The Balaban J connectivity index is 2.19. The summed E-state index contributed by atoms with van der Waals surface area (Å²) < 4.78 is 13.6. The third-order valence-electron chi connectivity index (χ3n) is 2.93. The van der Waals surface area contributed by atoms with Gasteiger partial charge in [0.25, 0.3) is 5.91 Å². The fourth-order valence-electron chi connectivity index (χ4n) is 1.86. The third kappa shape index (κ3) is 3.76. The molecule has 0 aliphatic heterocycles. The first-order valence-electron chi connectivity index (χ1n) is 6.03. The summed E-state index contributed by atoms with van der Waals surface area (Å²) in [6.45, 7) is 0.346. The van der Waals surface area contributed by atoms with Gasteiger partial charge in [0.05, 0.1) is 20.1 Å². The van der Waals surface area contributed by atoms with E-state index in [1.807, 2.05) is 0 Å². The van der Waals surface area contributed by atoms with Crippen molar-refractivity contribution in [2.75, 3.05) is 7.05 Å². The SMILES string of the molecule is CN(Cc1ccc(Cl)c(Cl)c1)C(=O)c1cccc(F)c1Br. The molecule has 0 radical (unpaired) electrons. The van der Waals surface area contributed by atoms with Gasteiger partial charge in [-0.05, 0) is 45.8 Å². The van der Waals surface area contributed by atoms with E-state index in [2.05, 4.69) is 15.9 Å². The number of carbonyl (C=O) groups is 1. The molecule has 0 aliphatic rings. The van der Waals surface area contributed by atoms with Crippen LogP contribution in [0.15, 0.2) is 40.9 Å². The summed E-state index contributed by atoms with van der Waals surface area (Å²) in [5, 5.41) is 0.893. The first-order valence-corrected chi connectivity index (χ1v) is 7.58. The molecule has 0 N–H and O–H groups in total. The van der Waals surface area contributed by atoms with Crippen molar-refractivity contribution in [3.63, 3.8) is 0 Å². The number of halogens is 4. The zero-order valence-corrected chi connectivity index (χ0v) is 14.1. The second-order valence-corrected chi connectivity index (χ2v) is 6.12. The van der Waals surface area contributed by atoms with E-state index < -0.39 is 5.82 Å².